The smallest absolute Gasteiger partial charge is 0.127 e. The van der Waals surface area contributed by atoms with Crippen molar-refractivity contribution < 1.29 is 14.6 Å². The van der Waals surface area contributed by atoms with E-state index in [1.54, 1.807) is 14.2 Å². The number of nitrogens with two attached hydrogens (primary N) is 1. The van der Waals surface area contributed by atoms with Crippen LogP contribution in [-0.4, -0.2) is 25.9 Å². The minimum absolute atomic E-state index is 0.118. The van der Waals surface area contributed by atoms with Gasteiger partial charge >= 0.3 is 0 Å². The Balaban J connectivity index is 2.85. The zero-order chi connectivity index (χ0) is 12.0. The van der Waals surface area contributed by atoms with Gasteiger partial charge in [0.1, 0.15) is 11.5 Å². The molecule has 1 aromatic carbocycles. The van der Waals surface area contributed by atoms with Gasteiger partial charge in [-0.1, -0.05) is 6.07 Å². The molecule has 1 aromatic rings. The van der Waals surface area contributed by atoms with Crippen molar-refractivity contribution in [3.05, 3.63) is 23.8 Å². The lowest BCUT2D eigenvalue weighted by Crippen LogP contribution is -2.12. The first kappa shape index (κ1) is 12.8. The number of aliphatic hydroxyl groups excluding tert-OH is 1. The third-order valence-electron chi connectivity index (χ3n) is 2.51. The standard InChI is InChI=1S/C12H19NO3/c1-15-9-5-6-10(12(8-9)16-2)11(13)4-3-7-14/h5-6,8,11,14H,3-4,7,13H2,1-2H3/t11-/m1/s1. The Morgan fingerprint density at radius 2 is 2.06 bits per heavy atom. The summed E-state index contributed by atoms with van der Waals surface area (Å²) in [5, 5.41) is 8.76. The largest absolute Gasteiger partial charge is 0.497 e. The molecule has 0 aliphatic carbocycles. The van der Waals surface area contributed by atoms with Crippen LogP contribution in [0.5, 0.6) is 11.5 Å². The Labute approximate surface area is 96.0 Å². The van der Waals surface area contributed by atoms with Crippen molar-refractivity contribution in [3.8, 4) is 11.5 Å². The lowest BCUT2D eigenvalue weighted by molar-refractivity contribution is 0.279. The molecule has 16 heavy (non-hydrogen) atoms. The predicted molar refractivity (Wildman–Crippen MR) is 62.8 cm³/mol. The molecule has 3 N–H and O–H groups in total. The van der Waals surface area contributed by atoms with Crippen LogP contribution in [0.15, 0.2) is 18.2 Å². The molecule has 0 aromatic heterocycles. The molecule has 0 heterocycles. The van der Waals surface area contributed by atoms with Gasteiger partial charge in [0.25, 0.3) is 0 Å². The van der Waals surface area contributed by atoms with E-state index in [4.69, 9.17) is 20.3 Å². The summed E-state index contributed by atoms with van der Waals surface area (Å²) in [7, 11) is 3.22. The summed E-state index contributed by atoms with van der Waals surface area (Å²) >= 11 is 0. The molecule has 0 aliphatic rings. The fraction of sp³-hybridized carbons (Fsp3) is 0.500. The van der Waals surface area contributed by atoms with Gasteiger partial charge in [0.15, 0.2) is 0 Å². The fourth-order valence-corrected chi connectivity index (χ4v) is 1.59. The highest BCUT2D eigenvalue weighted by atomic mass is 16.5. The number of aliphatic hydroxyl groups is 1. The van der Waals surface area contributed by atoms with Crippen LogP contribution in [0.2, 0.25) is 0 Å². The normalized spacial score (nSPS) is 12.2. The first-order valence-electron chi connectivity index (χ1n) is 5.31. The van der Waals surface area contributed by atoms with E-state index >= 15 is 0 Å². The maximum absolute atomic E-state index is 8.76. The first-order valence-corrected chi connectivity index (χ1v) is 5.31. The maximum Gasteiger partial charge on any atom is 0.127 e. The van der Waals surface area contributed by atoms with Gasteiger partial charge in [-0.15, -0.1) is 0 Å². The van der Waals surface area contributed by atoms with Gasteiger partial charge in [0.2, 0.25) is 0 Å². The molecule has 4 heteroatoms. The van der Waals surface area contributed by atoms with Gasteiger partial charge in [0, 0.05) is 24.3 Å². The molecule has 0 fully saturated rings. The summed E-state index contributed by atoms with van der Waals surface area (Å²) < 4.78 is 10.4. The van der Waals surface area contributed by atoms with E-state index in [9.17, 15) is 0 Å². The SMILES string of the molecule is COc1ccc([C@H](N)CCCO)c(OC)c1. The number of benzene rings is 1. The van der Waals surface area contributed by atoms with Crippen molar-refractivity contribution in [2.75, 3.05) is 20.8 Å². The second-order valence-electron chi connectivity index (χ2n) is 3.58. The van der Waals surface area contributed by atoms with Crippen LogP contribution >= 0.6 is 0 Å². The average molecular weight is 225 g/mol. The molecule has 1 atom stereocenters. The summed E-state index contributed by atoms with van der Waals surface area (Å²) in [6.07, 6.45) is 1.43. The second kappa shape index (κ2) is 6.35. The zero-order valence-corrected chi connectivity index (χ0v) is 9.77. The van der Waals surface area contributed by atoms with E-state index in [0.717, 1.165) is 23.5 Å². The summed E-state index contributed by atoms with van der Waals surface area (Å²) in [5.41, 5.74) is 6.96. The van der Waals surface area contributed by atoms with Gasteiger partial charge in [-0.05, 0) is 18.9 Å². The van der Waals surface area contributed by atoms with Gasteiger partial charge in [-0.25, -0.2) is 0 Å². The number of ether oxygens (including phenoxy) is 2. The van der Waals surface area contributed by atoms with E-state index in [1.807, 2.05) is 18.2 Å². The molecule has 90 valence electrons. The van der Waals surface area contributed by atoms with Gasteiger partial charge < -0.3 is 20.3 Å². The molecule has 0 spiro atoms. The Bertz CT molecular complexity index is 328. The number of rotatable bonds is 6. The monoisotopic (exact) mass is 225 g/mol. The van der Waals surface area contributed by atoms with Gasteiger partial charge in [0.05, 0.1) is 14.2 Å². The van der Waals surface area contributed by atoms with Crippen LogP contribution in [0.4, 0.5) is 0 Å². The lowest BCUT2D eigenvalue weighted by Gasteiger charge is -2.16. The zero-order valence-electron chi connectivity index (χ0n) is 9.77. The molecular formula is C12H19NO3. The quantitative estimate of drug-likeness (QED) is 0.769. The molecule has 0 amide bonds. The summed E-state index contributed by atoms with van der Waals surface area (Å²) in [4.78, 5) is 0. The van der Waals surface area contributed by atoms with E-state index in [2.05, 4.69) is 0 Å². The van der Waals surface area contributed by atoms with Gasteiger partial charge in [-0.3, -0.25) is 0 Å². The molecule has 0 unspecified atom stereocenters. The number of hydrogen-bond acceptors (Lipinski definition) is 4. The van der Waals surface area contributed by atoms with Crippen LogP contribution < -0.4 is 15.2 Å². The first-order chi connectivity index (χ1) is 7.72. The van der Waals surface area contributed by atoms with E-state index < -0.39 is 0 Å². The minimum Gasteiger partial charge on any atom is -0.497 e. The van der Waals surface area contributed by atoms with E-state index in [-0.39, 0.29) is 12.6 Å². The molecule has 0 saturated carbocycles. The molecule has 0 saturated heterocycles. The summed E-state index contributed by atoms with van der Waals surface area (Å²) in [5.74, 6) is 1.47. The maximum atomic E-state index is 8.76. The van der Waals surface area contributed by atoms with Crippen molar-refractivity contribution in [3.63, 3.8) is 0 Å². The van der Waals surface area contributed by atoms with Crippen LogP contribution in [0.25, 0.3) is 0 Å². The topological polar surface area (TPSA) is 64.7 Å². The Hall–Kier alpha value is -1.26. The van der Waals surface area contributed by atoms with Crippen molar-refractivity contribution >= 4 is 0 Å². The molecule has 0 bridgehead atoms. The van der Waals surface area contributed by atoms with Crippen molar-refractivity contribution in [1.82, 2.24) is 0 Å². The van der Waals surface area contributed by atoms with Crippen molar-refractivity contribution in [2.45, 2.75) is 18.9 Å². The highest BCUT2D eigenvalue weighted by molar-refractivity contribution is 5.42. The Kier molecular flexibility index (Phi) is 5.08. The molecule has 1 rings (SSSR count). The lowest BCUT2D eigenvalue weighted by atomic mass is 10.0. The third kappa shape index (κ3) is 3.12. The number of hydrogen-bond donors (Lipinski definition) is 2. The predicted octanol–water partition coefficient (Wildman–Crippen LogP) is 1.48. The third-order valence-corrected chi connectivity index (χ3v) is 2.51. The van der Waals surface area contributed by atoms with Crippen LogP contribution in [0, 0.1) is 0 Å². The minimum atomic E-state index is -0.118. The number of methoxy groups -OCH3 is 2. The van der Waals surface area contributed by atoms with Gasteiger partial charge in [-0.2, -0.15) is 0 Å². The Morgan fingerprint density at radius 1 is 1.31 bits per heavy atom. The molecule has 4 nitrogen and oxygen atoms in total. The van der Waals surface area contributed by atoms with Crippen LogP contribution in [0.3, 0.4) is 0 Å². The Morgan fingerprint density at radius 3 is 2.62 bits per heavy atom. The van der Waals surface area contributed by atoms with E-state index in [0.29, 0.717) is 6.42 Å². The van der Waals surface area contributed by atoms with Crippen molar-refractivity contribution in [2.24, 2.45) is 5.73 Å². The van der Waals surface area contributed by atoms with Crippen molar-refractivity contribution in [1.29, 1.82) is 0 Å². The highest BCUT2D eigenvalue weighted by Crippen LogP contribution is 2.30. The molecule has 0 radical (unpaired) electrons. The van der Waals surface area contributed by atoms with Crippen LogP contribution in [0.1, 0.15) is 24.4 Å². The van der Waals surface area contributed by atoms with Crippen LogP contribution in [-0.2, 0) is 0 Å². The second-order valence-corrected chi connectivity index (χ2v) is 3.58. The van der Waals surface area contributed by atoms with E-state index in [1.165, 1.54) is 0 Å². The summed E-state index contributed by atoms with van der Waals surface area (Å²) in [6.45, 7) is 0.159. The average Bonchev–Trinajstić information content (AvgIpc) is 2.34. The highest BCUT2D eigenvalue weighted by Gasteiger charge is 2.12. The fourth-order valence-electron chi connectivity index (χ4n) is 1.59. The summed E-state index contributed by atoms with van der Waals surface area (Å²) in [6, 6.07) is 5.46. The molecule has 0 aliphatic heterocycles. The molecular weight excluding hydrogens is 206 g/mol.